The van der Waals surface area contributed by atoms with Crippen LogP contribution in [0.2, 0.25) is 0 Å². The average molecular weight is 408 g/mol. The normalized spacial score (nSPS) is 17.3. The number of hydrogen-bond acceptors (Lipinski definition) is 5. The van der Waals surface area contributed by atoms with E-state index in [2.05, 4.69) is 39.5 Å². The Bertz CT molecular complexity index is 951. The van der Waals surface area contributed by atoms with E-state index >= 15 is 0 Å². The summed E-state index contributed by atoms with van der Waals surface area (Å²) in [6.45, 7) is 3.90. The summed E-state index contributed by atoms with van der Waals surface area (Å²) in [6, 6.07) is 22.5. The van der Waals surface area contributed by atoms with Crippen molar-refractivity contribution in [3.8, 4) is 0 Å². The number of benzene rings is 2. The molecule has 5 nitrogen and oxygen atoms in total. The SMILES string of the molecule is O=C(CSc1ccc2ccccc2n1)NC[C@@H]1CN(Cc2ccccc2)CCO1. The summed E-state index contributed by atoms with van der Waals surface area (Å²) >= 11 is 1.46. The molecule has 1 aliphatic rings. The predicted octanol–water partition coefficient (Wildman–Crippen LogP) is 3.34. The Hall–Kier alpha value is -2.41. The number of nitrogens with zero attached hydrogens (tertiary/aromatic N) is 2. The third-order valence-corrected chi connectivity index (χ3v) is 5.85. The first-order valence-corrected chi connectivity index (χ1v) is 10.9. The fourth-order valence-electron chi connectivity index (χ4n) is 3.44. The van der Waals surface area contributed by atoms with Gasteiger partial charge < -0.3 is 10.1 Å². The van der Waals surface area contributed by atoms with Crippen LogP contribution in [0.3, 0.4) is 0 Å². The fraction of sp³-hybridized carbons (Fsp3) is 0.304. The minimum absolute atomic E-state index is 0.00809. The van der Waals surface area contributed by atoms with Gasteiger partial charge in [-0.25, -0.2) is 4.98 Å². The number of thioether (sulfide) groups is 1. The molecule has 29 heavy (non-hydrogen) atoms. The molecule has 0 radical (unpaired) electrons. The number of amides is 1. The van der Waals surface area contributed by atoms with Gasteiger partial charge in [0.15, 0.2) is 0 Å². The number of rotatable bonds is 7. The van der Waals surface area contributed by atoms with Crippen molar-refractivity contribution in [3.05, 3.63) is 72.3 Å². The number of ether oxygens (including phenoxy) is 1. The highest BCUT2D eigenvalue weighted by atomic mass is 32.2. The van der Waals surface area contributed by atoms with Crippen LogP contribution < -0.4 is 5.32 Å². The molecule has 0 saturated carbocycles. The smallest absolute Gasteiger partial charge is 0.230 e. The van der Waals surface area contributed by atoms with Crippen molar-refractivity contribution >= 4 is 28.6 Å². The predicted molar refractivity (Wildman–Crippen MR) is 117 cm³/mol. The quantitative estimate of drug-likeness (QED) is 0.609. The Morgan fingerprint density at radius 3 is 2.83 bits per heavy atom. The zero-order valence-electron chi connectivity index (χ0n) is 16.3. The topological polar surface area (TPSA) is 54.5 Å². The molecule has 0 aliphatic carbocycles. The van der Waals surface area contributed by atoms with Crippen LogP contribution in [0.5, 0.6) is 0 Å². The zero-order chi connectivity index (χ0) is 19.9. The number of nitrogens with one attached hydrogen (secondary N) is 1. The number of hydrogen-bond donors (Lipinski definition) is 1. The third-order valence-electron chi connectivity index (χ3n) is 4.92. The van der Waals surface area contributed by atoms with Gasteiger partial charge in [0.1, 0.15) is 0 Å². The molecule has 6 heteroatoms. The molecule has 1 atom stereocenters. The van der Waals surface area contributed by atoms with Gasteiger partial charge in [-0.05, 0) is 17.7 Å². The van der Waals surface area contributed by atoms with Crippen molar-refractivity contribution in [1.82, 2.24) is 15.2 Å². The first kappa shape index (κ1) is 19.9. The van der Waals surface area contributed by atoms with Gasteiger partial charge in [0, 0.05) is 31.6 Å². The highest BCUT2D eigenvalue weighted by molar-refractivity contribution is 7.99. The van der Waals surface area contributed by atoms with E-state index in [0.29, 0.717) is 18.9 Å². The molecule has 0 spiro atoms. The lowest BCUT2D eigenvalue weighted by Gasteiger charge is -2.33. The van der Waals surface area contributed by atoms with Gasteiger partial charge in [0.2, 0.25) is 5.91 Å². The van der Waals surface area contributed by atoms with E-state index in [4.69, 9.17) is 4.74 Å². The van der Waals surface area contributed by atoms with Crippen molar-refractivity contribution < 1.29 is 9.53 Å². The maximum atomic E-state index is 12.3. The van der Waals surface area contributed by atoms with E-state index in [9.17, 15) is 4.79 Å². The molecule has 2 aromatic carbocycles. The Morgan fingerprint density at radius 2 is 1.93 bits per heavy atom. The largest absolute Gasteiger partial charge is 0.374 e. The highest BCUT2D eigenvalue weighted by Crippen LogP contribution is 2.19. The molecule has 1 N–H and O–H groups in total. The maximum Gasteiger partial charge on any atom is 0.230 e. The van der Waals surface area contributed by atoms with Gasteiger partial charge in [0.25, 0.3) is 0 Å². The van der Waals surface area contributed by atoms with E-state index in [0.717, 1.165) is 35.6 Å². The molecule has 0 unspecified atom stereocenters. The molecule has 1 aromatic heterocycles. The van der Waals surface area contributed by atoms with Gasteiger partial charge in [-0.1, -0.05) is 66.4 Å². The molecule has 1 fully saturated rings. The second-order valence-corrected chi connectivity index (χ2v) is 8.14. The molecule has 0 bridgehead atoms. The summed E-state index contributed by atoms with van der Waals surface area (Å²) in [5.74, 6) is 0.361. The molecule has 3 aromatic rings. The van der Waals surface area contributed by atoms with Crippen molar-refractivity contribution in [3.63, 3.8) is 0 Å². The Labute approximate surface area is 175 Å². The minimum Gasteiger partial charge on any atom is -0.374 e. The number of fused-ring (bicyclic) bond motifs is 1. The zero-order valence-corrected chi connectivity index (χ0v) is 17.1. The molecule has 4 rings (SSSR count). The summed E-state index contributed by atoms with van der Waals surface area (Å²) in [6.07, 6.45) is 0.0280. The van der Waals surface area contributed by atoms with E-state index < -0.39 is 0 Å². The lowest BCUT2D eigenvalue weighted by Crippen LogP contribution is -2.47. The molecule has 1 amide bonds. The van der Waals surface area contributed by atoms with Crippen molar-refractivity contribution in [2.75, 3.05) is 32.0 Å². The Morgan fingerprint density at radius 1 is 1.10 bits per heavy atom. The van der Waals surface area contributed by atoms with Gasteiger partial charge in [-0.3, -0.25) is 9.69 Å². The summed E-state index contributed by atoms with van der Waals surface area (Å²) < 4.78 is 5.83. The van der Waals surface area contributed by atoms with Gasteiger partial charge in [-0.2, -0.15) is 0 Å². The number of carbonyl (C=O) groups is 1. The van der Waals surface area contributed by atoms with Gasteiger partial charge >= 0.3 is 0 Å². The molecule has 2 heterocycles. The van der Waals surface area contributed by atoms with Gasteiger partial charge in [0.05, 0.1) is 29.0 Å². The fourth-order valence-corrected chi connectivity index (χ4v) is 4.14. The molecular weight excluding hydrogens is 382 g/mol. The van der Waals surface area contributed by atoms with Crippen molar-refractivity contribution in [1.29, 1.82) is 0 Å². The van der Waals surface area contributed by atoms with Crippen LogP contribution in [-0.2, 0) is 16.1 Å². The lowest BCUT2D eigenvalue weighted by molar-refractivity contribution is -0.119. The number of carbonyl (C=O) groups excluding carboxylic acids is 1. The number of pyridine rings is 1. The Balaban J connectivity index is 1.21. The maximum absolute atomic E-state index is 12.3. The van der Waals surface area contributed by atoms with E-state index in [-0.39, 0.29) is 12.0 Å². The minimum atomic E-state index is 0.00809. The van der Waals surface area contributed by atoms with Crippen molar-refractivity contribution in [2.24, 2.45) is 0 Å². The summed E-state index contributed by atoms with van der Waals surface area (Å²) in [5, 5.41) is 4.98. The number of morpholine rings is 1. The lowest BCUT2D eigenvalue weighted by atomic mass is 10.2. The summed E-state index contributed by atoms with van der Waals surface area (Å²) in [5.41, 5.74) is 2.25. The Kier molecular flexibility index (Phi) is 6.77. The molecule has 1 saturated heterocycles. The van der Waals surface area contributed by atoms with E-state index in [1.165, 1.54) is 17.3 Å². The van der Waals surface area contributed by atoms with Crippen LogP contribution in [0.25, 0.3) is 10.9 Å². The van der Waals surface area contributed by atoms with Crippen LogP contribution in [0.15, 0.2) is 71.8 Å². The first-order valence-electron chi connectivity index (χ1n) is 9.89. The van der Waals surface area contributed by atoms with Crippen molar-refractivity contribution in [2.45, 2.75) is 17.7 Å². The highest BCUT2D eigenvalue weighted by Gasteiger charge is 2.21. The van der Waals surface area contributed by atoms with Gasteiger partial charge in [-0.15, -0.1) is 0 Å². The van der Waals surface area contributed by atoms with Crippen LogP contribution in [0.4, 0.5) is 0 Å². The second-order valence-electron chi connectivity index (χ2n) is 7.15. The molecule has 1 aliphatic heterocycles. The standard InChI is InChI=1S/C23H25N3O2S/c27-22(17-29-23-11-10-19-8-4-5-9-21(19)25-23)24-14-20-16-26(12-13-28-20)15-18-6-2-1-3-7-18/h1-11,20H,12-17H2,(H,24,27)/t20-/m1/s1. The van der Waals surface area contributed by atoms with Crippen LogP contribution in [0, 0.1) is 0 Å². The third kappa shape index (κ3) is 5.79. The van der Waals surface area contributed by atoms with Crippen LogP contribution >= 0.6 is 11.8 Å². The van der Waals surface area contributed by atoms with Crippen LogP contribution in [0.1, 0.15) is 5.56 Å². The van der Waals surface area contributed by atoms with E-state index in [1.54, 1.807) is 0 Å². The van der Waals surface area contributed by atoms with E-state index in [1.807, 2.05) is 42.5 Å². The molecule has 150 valence electrons. The summed E-state index contributed by atoms with van der Waals surface area (Å²) in [7, 11) is 0. The number of para-hydroxylation sites is 1. The first-order chi connectivity index (χ1) is 14.3. The number of aromatic nitrogens is 1. The average Bonchev–Trinajstić information content (AvgIpc) is 2.77. The second kappa shape index (κ2) is 9.87. The summed E-state index contributed by atoms with van der Waals surface area (Å²) in [4.78, 5) is 19.2. The van der Waals surface area contributed by atoms with Crippen LogP contribution in [-0.4, -0.2) is 53.9 Å². The molecular formula is C23H25N3O2S. The monoisotopic (exact) mass is 407 g/mol.